The van der Waals surface area contributed by atoms with Gasteiger partial charge in [0, 0.05) is 12.0 Å². The molecule has 29 heavy (non-hydrogen) atoms. The highest BCUT2D eigenvalue weighted by molar-refractivity contribution is 7.91. The molecule has 1 heterocycles. The predicted octanol–water partition coefficient (Wildman–Crippen LogP) is 3.59. The molecule has 9 heteroatoms. The van der Waals surface area contributed by atoms with Crippen LogP contribution < -0.4 is 10.0 Å². The molecule has 1 aromatic heterocycles. The van der Waals surface area contributed by atoms with E-state index in [2.05, 4.69) is 44.5 Å². The molecule has 0 fully saturated rings. The Bertz CT molecular complexity index is 1110. The Morgan fingerprint density at radius 3 is 2.55 bits per heavy atom. The van der Waals surface area contributed by atoms with Crippen molar-refractivity contribution in [1.82, 2.24) is 14.9 Å². The maximum Gasteiger partial charge on any atom is 0.269 e. The molecule has 0 bridgehead atoms. The second-order valence-electron chi connectivity index (χ2n) is 7.72. The number of carbonyl (C=O) groups is 1. The largest absolute Gasteiger partial charge is 0.300 e. The molecule has 3 aromatic rings. The summed E-state index contributed by atoms with van der Waals surface area (Å²) in [6.45, 7) is 5.57. The predicted molar refractivity (Wildman–Crippen MR) is 115 cm³/mol. The summed E-state index contributed by atoms with van der Waals surface area (Å²) in [4.78, 5) is 12.0. The zero-order valence-corrected chi connectivity index (χ0v) is 18.2. The van der Waals surface area contributed by atoms with Gasteiger partial charge in [-0.15, -0.1) is 10.2 Å². The Morgan fingerprint density at radius 2 is 1.79 bits per heavy atom. The number of benzene rings is 2. The molecular weight excluding hydrogens is 408 g/mol. The van der Waals surface area contributed by atoms with Crippen LogP contribution in [-0.2, 0) is 21.2 Å². The molecule has 0 atom stereocenters. The summed E-state index contributed by atoms with van der Waals surface area (Å²) in [7, 11) is -3.76. The number of hydrogen-bond donors (Lipinski definition) is 2. The molecule has 0 aliphatic heterocycles. The lowest BCUT2D eigenvalue weighted by Crippen LogP contribution is -2.27. The van der Waals surface area contributed by atoms with Crippen molar-refractivity contribution >= 4 is 43.2 Å². The van der Waals surface area contributed by atoms with Crippen LogP contribution >= 0.6 is 11.3 Å². The van der Waals surface area contributed by atoms with E-state index in [4.69, 9.17) is 0 Å². The quantitative estimate of drug-likeness (QED) is 0.439. The molecule has 3 rings (SSSR count). The van der Waals surface area contributed by atoms with Gasteiger partial charge in [0.1, 0.15) is 0 Å². The van der Waals surface area contributed by atoms with Gasteiger partial charge in [0.2, 0.25) is 15.4 Å². The van der Waals surface area contributed by atoms with Gasteiger partial charge in [-0.2, -0.15) is 0 Å². The number of anilines is 1. The van der Waals surface area contributed by atoms with E-state index in [-0.39, 0.29) is 21.9 Å². The first-order valence-electron chi connectivity index (χ1n) is 9.28. The van der Waals surface area contributed by atoms with Crippen molar-refractivity contribution in [1.29, 1.82) is 0 Å². The number of rotatable bonds is 7. The molecule has 0 aliphatic rings. The molecule has 0 saturated carbocycles. The summed E-state index contributed by atoms with van der Waals surface area (Å²) in [5, 5.41) is 12.6. The van der Waals surface area contributed by atoms with Crippen molar-refractivity contribution in [2.45, 2.75) is 38.0 Å². The summed E-state index contributed by atoms with van der Waals surface area (Å²) in [6, 6.07) is 14.3. The average Bonchev–Trinajstić information content (AvgIpc) is 3.14. The molecule has 0 spiro atoms. The van der Waals surface area contributed by atoms with Gasteiger partial charge >= 0.3 is 0 Å². The number of nitrogens with one attached hydrogen (secondary N) is 2. The van der Waals surface area contributed by atoms with E-state index in [1.165, 1.54) is 16.3 Å². The Hall–Kier alpha value is -2.36. The minimum Gasteiger partial charge on any atom is -0.300 e. The van der Waals surface area contributed by atoms with Crippen molar-refractivity contribution in [3.8, 4) is 0 Å². The number of fused-ring (bicyclic) bond motifs is 1. The third kappa shape index (κ3) is 5.37. The molecule has 0 radical (unpaired) electrons. The normalized spacial score (nSPS) is 12.2. The highest BCUT2D eigenvalue weighted by Crippen LogP contribution is 2.23. The fraction of sp³-hybridized carbons (Fsp3) is 0.350. The van der Waals surface area contributed by atoms with Crippen molar-refractivity contribution in [2.24, 2.45) is 5.41 Å². The van der Waals surface area contributed by atoms with Crippen LogP contribution in [0.4, 0.5) is 5.13 Å². The molecule has 0 aliphatic carbocycles. The maximum atomic E-state index is 12.4. The zero-order chi connectivity index (χ0) is 21.1. The second-order valence-corrected chi connectivity index (χ2v) is 10.6. The van der Waals surface area contributed by atoms with E-state index in [9.17, 15) is 13.2 Å². The van der Waals surface area contributed by atoms with Gasteiger partial charge in [-0.25, -0.2) is 13.1 Å². The molecule has 0 saturated heterocycles. The van der Waals surface area contributed by atoms with Gasteiger partial charge < -0.3 is 5.32 Å². The molecule has 0 unspecified atom stereocenters. The Balaban J connectivity index is 1.57. The van der Waals surface area contributed by atoms with Crippen LogP contribution in [0.15, 0.2) is 46.8 Å². The highest BCUT2D eigenvalue weighted by atomic mass is 32.2. The van der Waals surface area contributed by atoms with E-state index in [1.807, 2.05) is 18.2 Å². The first-order valence-corrected chi connectivity index (χ1v) is 11.6. The molecular formula is C20H24N4O3S2. The SMILES string of the molecule is CC(C)(C)C(=O)Nc1nnc(S(=O)(=O)NCCCc2cccc3ccccc23)s1. The summed E-state index contributed by atoms with van der Waals surface area (Å²) in [5.74, 6) is -0.249. The van der Waals surface area contributed by atoms with Crippen LogP contribution in [-0.4, -0.2) is 31.1 Å². The number of carbonyl (C=O) groups excluding carboxylic acids is 1. The van der Waals surface area contributed by atoms with Crippen molar-refractivity contribution in [2.75, 3.05) is 11.9 Å². The van der Waals surface area contributed by atoms with Gasteiger partial charge in [-0.1, -0.05) is 74.6 Å². The van der Waals surface area contributed by atoms with E-state index < -0.39 is 15.4 Å². The fourth-order valence-corrected chi connectivity index (χ4v) is 4.72. The summed E-state index contributed by atoms with van der Waals surface area (Å²) < 4.78 is 27.3. The third-order valence-corrected chi connectivity index (χ3v) is 7.00. The number of hydrogen-bond acceptors (Lipinski definition) is 6. The van der Waals surface area contributed by atoms with Crippen LogP contribution in [0.5, 0.6) is 0 Å². The first-order chi connectivity index (χ1) is 13.7. The Labute approximate surface area is 174 Å². The second kappa shape index (κ2) is 8.56. The Kier molecular flexibility index (Phi) is 6.30. The molecule has 154 valence electrons. The minimum atomic E-state index is -3.76. The van der Waals surface area contributed by atoms with E-state index in [0.717, 1.165) is 17.8 Å². The number of aryl methyl sites for hydroxylation is 1. The topological polar surface area (TPSA) is 101 Å². The lowest BCUT2D eigenvalue weighted by Gasteiger charge is -2.15. The van der Waals surface area contributed by atoms with Crippen LogP contribution in [0.2, 0.25) is 0 Å². The van der Waals surface area contributed by atoms with Gasteiger partial charge in [0.25, 0.3) is 10.0 Å². The minimum absolute atomic E-state index is 0.160. The summed E-state index contributed by atoms with van der Waals surface area (Å²) in [6.07, 6.45) is 1.41. The highest BCUT2D eigenvalue weighted by Gasteiger charge is 2.25. The van der Waals surface area contributed by atoms with Gasteiger partial charge in [-0.3, -0.25) is 4.79 Å². The van der Waals surface area contributed by atoms with E-state index in [0.29, 0.717) is 6.42 Å². The van der Waals surface area contributed by atoms with Crippen LogP contribution in [0.3, 0.4) is 0 Å². The Morgan fingerprint density at radius 1 is 1.07 bits per heavy atom. The third-order valence-electron chi connectivity index (χ3n) is 4.33. The summed E-state index contributed by atoms with van der Waals surface area (Å²) in [5.41, 5.74) is 0.579. The molecule has 2 N–H and O–H groups in total. The number of amides is 1. The first kappa shape index (κ1) is 21.4. The van der Waals surface area contributed by atoms with Gasteiger partial charge in [0.15, 0.2) is 0 Å². The fourth-order valence-electron chi connectivity index (χ4n) is 2.71. The van der Waals surface area contributed by atoms with E-state index >= 15 is 0 Å². The van der Waals surface area contributed by atoms with Gasteiger partial charge in [-0.05, 0) is 29.2 Å². The van der Waals surface area contributed by atoms with Crippen LogP contribution in [0, 0.1) is 5.41 Å². The van der Waals surface area contributed by atoms with Crippen molar-refractivity contribution < 1.29 is 13.2 Å². The number of aromatic nitrogens is 2. The number of sulfonamides is 1. The van der Waals surface area contributed by atoms with Gasteiger partial charge in [0.05, 0.1) is 0 Å². The molecule has 2 aromatic carbocycles. The van der Waals surface area contributed by atoms with Crippen molar-refractivity contribution in [3.63, 3.8) is 0 Å². The zero-order valence-electron chi connectivity index (χ0n) is 16.6. The number of nitrogens with zero attached hydrogens (tertiary/aromatic N) is 2. The summed E-state index contributed by atoms with van der Waals surface area (Å²) >= 11 is 0.836. The smallest absolute Gasteiger partial charge is 0.269 e. The van der Waals surface area contributed by atoms with Crippen LogP contribution in [0.1, 0.15) is 32.8 Å². The maximum absolute atomic E-state index is 12.4. The lowest BCUT2D eigenvalue weighted by atomic mass is 9.96. The monoisotopic (exact) mass is 432 g/mol. The standard InChI is InChI=1S/C20H24N4O3S2/c1-20(2,3)17(25)22-18-23-24-19(28-18)29(26,27)21-13-7-11-15-10-6-9-14-8-4-5-12-16(14)15/h4-6,8-10,12,21H,7,11,13H2,1-3H3,(H,22,23,25). The van der Waals surface area contributed by atoms with Crippen molar-refractivity contribution in [3.05, 3.63) is 48.0 Å². The van der Waals surface area contributed by atoms with Crippen LogP contribution in [0.25, 0.3) is 10.8 Å². The molecule has 7 nitrogen and oxygen atoms in total. The average molecular weight is 433 g/mol. The molecule has 1 amide bonds. The lowest BCUT2D eigenvalue weighted by molar-refractivity contribution is -0.123. The van der Waals surface area contributed by atoms with E-state index in [1.54, 1.807) is 20.8 Å².